The summed E-state index contributed by atoms with van der Waals surface area (Å²) in [5, 5.41) is 17.2. The Labute approximate surface area is 198 Å². The lowest BCUT2D eigenvalue weighted by molar-refractivity contribution is -0.124. The van der Waals surface area contributed by atoms with Crippen molar-refractivity contribution in [3.8, 4) is 6.07 Å². The third-order valence-electron chi connectivity index (χ3n) is 6.20. The number of aromatic nitrogens is 4. The van der Waals surface area contributed by atoms with E-state index in [9.17, 15) is 14.9 Å². The number of rotatable bonds is 5. The van der Waals surface area contributed by atoms with Gasteiger partial charge in [0.15, 0.2) is 0 Å². The molecule has 1 N–H and O–H groups in total. The fourth-order valence-corrected chi connectivity index (χ4v) is 4.11. The molecule has 0 aliphatic carbocycles. The quantitative estimate of drug-likeness (QED) is 0.711. The van der Waals surface area contributed by atoms with E-state index in [4.69, 9.17) is 4.74 Å². The van der Waals surface area contributed by atoms with Crippen LogP contribution in [0.1, 0.15) is 47.1 Å². The van der Waals surface area contributed by atoms with E-state index in [2.05, 4.69) is 26.5 Å². The van der Waals surface area contributed by atoms with Gasteiger partial charge in [0, 0.05) is 32.0 Å². The first-order valence-electron chi connectivity index (χ1n) is 11.4. The van der Waals surface area contributed by atoms with Crippen molar-refractivity contribution in [3.05, 3.63) is 24.7 Å². The van der Waals surface area contributed by atoms with Gasteiger partial charge in [-0.15, -0.1) is 0 Å². The molecule has 2 amide bonds. The summed E-state index contributed by atoms with van der Waals surface area (Å²) < 4.78 is 7.18. The molecular formula is C23H30N8O3. The van der Waals surface area contributed by atoms with Gasteiger partial charge in [0.05, 0.1) is 24.0 Å². The molecule has 2 aliphatic rings. The van der Waals surface area contributed by atoms with Gasteiger partial charge in [-0.1, -0.05) is 13.8 Å². The zero-order valence-electron chi connectivity index (χ0n) is 20.1. The van der Waals surface area contributed by atoms with Gasteiger partial charge in [-0.25, -0.2) is 9.78 Å². The topological polar surface area (TPSA) is 129 Å². The molecule has 11 heteroatoms. The molecule has 2 fully saturated rings. The molecular weight excluding hydrogens is 436 g/mol. The number of carbonyl (C=O) groups excluding carboxylic acids is 2. The second kappa shape index (κ2) is 8.59. The molecule has 1 atom stereocenters. The molecule has 2 saturated heterocycles. The van der Waals surface area contributed by atoms with Gasteiger partial charge in [-0.05, 0) is 39.2 Å². The molecule has 2 aromatic rings. The summed E-state index contributed by atoms with van der Waals surface area (Å²) in [7, 11) is 0. The van der Waals surface area contributed by atoms with Crippen LogP contribution in [0.4, 0.5) is 22.2 Å². The Balaban J connectivity index is 1.39. The minimum Gasteiger partial charge on any atom is -0.444 e. The summed E-state index contributed by atoms with van der Waals surface area (Å²) in [6.07, 6.45) is 5.21. The average molecular weight is 467 g/mol. The van der Waals surface area contributed by atoms with Crippen molar-refractivity contribution in [2.75, 3.05) is 29.9 Å². The Bertz CT molecular complexity index is 1130. The first kappa shape index (κ1) is 23.5. The van der Waals surface area contributed by atoms with Crippen LogP contribution in [0.2, 0.25) is 0 Å². The highest BCUT2D eigenvalue weighted by molar-refractivity contribution is 6.01. The summed E-state index contributed by atoms with van der Waals surface area (Å²) in [5.74, 6) is 0.479. The number of carbonyl (C=O) groups is 2. The molecule has 34 heavy (non-hydrogen) atoms. The van der Waals surface area contributed by atoms with Crippen LogP contribution < -0.4 is 10.2 Å². The molecule has 0 unspecified atom stereocenters. The van der Waals surface area contributed by atoms with Gasteiger partial charge in [0.2, 0.25) is 11.9 Å². The molecule has 180 valence electrons. The standard InChI is InChI=1S/C23H30N8O3/c1-15(2)23(14-24)7-9-30(19(23)32)18-6-8-25-20(28-18)27-16-10-26-31(11-16)17-12-29(13-17)21(33)34-22(3,4)5/h6,8,10-11,15,17H,7,9,12-13H2,1-5H3,(H,25,27,28)/t23-/m1/s1. The van der Waals surface area contributed by atoms with E-state index in [1.165, 1.54) is 0 Å². The molecule has 0 bridgehead atoms. The third kappa shape index (κ3) is 4.40. The van der Waals surface area contributed by atoms with Crippen LogP contribution in [0.25, 0.3) is 0 Å². The molecule has 0 saturated carbocycles. The maximum absolute atomic E-state index is 13.0. The highest BCUT2D eigenvalue weighted by Crippen LogP contribution is 2.40. The highest BCUT2D eigenvalue weighted by atomic mass is 16.6. The predicted molar refractivity (Wildman–Crippen MR) is 124 cm³/mol. The molecule has 0 radical (unpaired) electrons. The third-order valence-corrected chi connectivity index (χ3v) is 6.20. The lowest BCUT2D eigenvalue weighted by Crippen LogP contribution is -2.52. The minimum atomic E-state index is -1.02. The first-order valence-corrected chi connectivity index (χ1v) is 11.4. The van der Waals surface area contributed by atoms with Crippen LogP contribution >= 0.6 is 0 Å². The van der Waals surface area contributed by atoms with Crippen LogP contribution in [0, 0.1) is 22.7 Å². The summed E-state index contributed by atoms with van der Waals surface area (Å²) in [4.78, 5) is 37.1. The summed E-state index contributed by atoms with van der Waals surface area (Å²) in [6, 6.07) is 3.96. The van der Waals surface area contributed by atoms with Crippen LogP contribution in [0.15, 0.2) is 24.7 Å². The molecule has 0 aromatic carbocycles. The summed E-state index contributed by atoms with van der Waals surface area (Å²) in [5.41, 5.74) is -0.853. The fraction of sp³-hybridized carbons (Fsp3) is 0.565. The monoisotopic (exact) mass is 466 g/mol. The number of hydrogen-bond acceptors (Lipinski definition) is 8. The Hall–Kier alpha value is -3.68. The zero-order chi connectivity index (χ0) is 24.7. The number of nitrogens with zero attached hydrogens (tertiary/aromatic N) is 7. The number of likely N-dealkylation sites (tertiary alicyclic amines) is 1. The van der Waals surface area contributed by atoms with Crippen LogP contribution in [0.3, 0.4) is 0 Å². The van der Waals surface area contributed by atoms with Crippen molar-refractivity contribution in [2.24, 2.45) is 11.3 Å². The van der Waals surface area contributed by atoms with Crippen molar-refractivity contribution >= 4 is 29.5 Å². The van der Waals surface area contributed by atoms with E-state index in [0.717, 1.165) is 0 Å². The molecule has 4 heterocycles. The van der Waals surface area contributed by atoms with Crippen molar-refractivity contribution in [1.82, 2.24) is 24.6 Å². The molecule has 2 aliphatic heterocycles. The van der Waals surface area contributed by atoms with Gasteiger partial charge in [-0.2, -0.15) is 15.3 Å². The van der Waals surface area contributed by atoms with E-state index < -0.39 is 11.0 Å². The Morgan fingerprint density at radius 2 is 2.09 bits per heavy atom. The lowest BCUT2D eigenvalue weighted by atomic mass is 9.77. The molecule has 0 spiro atoms. The van der Waals surface area contributed by atoms with E-state index in [0.29, 0.717) is 43.5 Å². The summed E-state index contributed by atoms with van der Waals surface area (Å²) in [6.45, 7) is 10.8. The Morgan fingerprint density at radius 3 is 2.71 bits per heavy atom. The minimum absolute atomic E-state index is 0.0627. The molecule has 2 aromatic heterocycles. The van der Waals surface area contributed by atoms with Gasteiger partial charge < -0.3 is 15.0 Å². The number of hydrogen-bond donors (Lipinski definition) is 1. The van der Waals surface area contributed by atoms with E-state index in [-0.39, 0.29) is 24.0 Å². The number of nitrogens with one attached hydrogen (secondary N) is 1. The Morgan fingerprint density at radius 1 is 1.35 bits per heavy atom. The van der Waals surface area contributed by atoms with Gasteiger partial charge in [0.1, 0.15) is 16.8 Å². The van der Waals surface area contributed by atoms with Gasteiger partial charge in [0.25, 0.3) is 0 Å². The van der Waals surface area contributed by atoms with Gasteiger partial charge in [-0.3, -0.25) is 14.4 Å². The maximum Gasteiger partial charge on any atom is 0.410 e. The second-order valence-electron chi connectivity index (χ2n) is 10.1. The first-order chi connectivity index (χ1) is 16.0. The maximum atomic E-state index is 13.0. The highest BCUT2D eigenvalue weighted by Gasteiger charge is 2.50. The number of amides is 2. The van der Waals surface area contributed by atoms with Crippen LogP contribution in [0.5, 0.6) is 0 Å². The predicted octanol–water partition coefficient (Wildman–Crippen LogP) is 3.11. The fourth-order valence-electron chi connectivity index (χ4n) is 4.11. The normalized spacial score (nSPS) is 20.9. The van der Waals surface area contributed by atoms with Gasteiger partial charge >= 0.3 is 6.09 Å². The van der Waals surface area contributed by atoms with E-state index >= 15 is 0 Å². The number of ether oxygens (including phenoxy) is 1. The average Bonchev–Trinajstić information content (AvgIpc) is 3.30. The van der Waals surface area contributed by atoms with Crippen molar-refractivity contribution in [1.29, 1.82) is 5.26 Å². The number of anilines is 3. The zero-order valence-corrected chi connectivity index (χ0v) is 20.1. The number of nitriles is 1. The van der Waals surface area contributed by atoms with Crippen LogP contribution in [-0.4, -0.2) is 61.9 Å². The van der Waals surface area contributed by atoms with Crippen molar-refractivity contribution in [3.63, 3.8) is 0 Å². The van der Waals surface area contributed by atoms with Crippen LogP contribution in [-0.2, 0) is 9.53 Å². The largest absolute Gasteiger partial charge is 0.444 e. The SMILES string of the molecule is CC(C)[C@]1(C#N)CCN(c2ccnc(Nc3cnn(C4CN(C(=O)OC(C)(C)C)C4)c3)n2)C1=O. The van der Waals surface area contributed by atoms with Crippen molar-refractivity contribution in [2.45, 2.75) is 52.7 Å². The van der Waals surface area contributed by atoms with Crippen molar-refractivity contribution < 1.29 is 14.3 Å². The summed E-state index contributed by atoms with van der Waals surface area (Å²) >= 11 is 0. The lowest BCUT2D eigenvalue weighted by Gasteiger charge is -2.39. The van der Waals surface area contributed by atoms with E-state index in [1.54, 1.807) is 32.9 Å². The smallest absolute Gasteiger partial charge is 0.410 e. The molecule has 11 nitrogen and oxygen atoms in total. The molecule has 4 rings (SSSR count). The Kier molecular flexibility index (Phi) is 5.93. The van der Waals surface area contributed by atoms with E-state index in [1.807, 2.05) is 40.8 Å². The second-order valence-corrected chi connectivity index (χ2v) is 10.1.